The highest BCUT2D eigenvalue weighted by atomic mass is 79.9. The summed E-state index contributed by atoms with van der Waals surface area (Å²) in [4.78, 5) is 0. The third kappa shape index (κ3) is 1.71. The molecule has 0 aliphatic rings. The van der Waals surface area contributed by atoms with E-state index in [-0.39, 0.29) is 0 Å². The van der Waals surface area contributed by atoms with Crippen molar-refractivity contribution in [3.63, 3.8) is 0 Å². The summed E-state index contributed by atoms with van der Waals surface area (Å²) in [6.07, 6.45) is 0. The van der Waals surface area contributed by atoms with Crippen molar-refractivity contribution >= 4 is 37.3 Å². The number of thiophene rings is 1. The Balaban J connectivity index is 3.24. The van der Waals surface area contributed by atoms with Crippen LogP contribution in [-0.2, 0) is 10.0 Å². The Hall–Kier alpha value is 0.0900. The minimum Gasteiger partial charge on any atom is -0.206 e. The lowest BCUT2D eigenvalue weighted by Gasteiger charge is -2.09. The van der Waals surface area contributed by atoms with Crippen molar-refractivity contribution in [2.75, 3.05) is 14.1 Å². The first-order valence-corrected chi connectivity index (χ1v) is 6.23. The van der Waals surface area contributed by atoms with Gasteiger partial charge in [-0.05, 0) is 27.4 Å². The second-order valence-electron chi connectivity index (χ2n) is 2.34. The van der Waals surface area contributed by atoms with Gasteiger partial charge < -0.3 is 0 Å². The molecule has 1 heterocycles. The largest absolute Gasteiger partial charge is 0.253 e. The summed E-state index contributed by atoms with van der Waals surface area (Å²) in [5.41, 5.74) is 0. The maximum absolute atomic E-state index is 11.5. The molecule has 0 radical (unpaired) electrons. The van der Waals surface area contributed by atoms with Crippen molar-refractivity contribution in [3.05, 3.63) is 15.9 Å². The molecule has 0 N–H and O–H groups in total. The molecule has 1 aromatic heterocycles. The Morgan fingerprint density at radius 2 is 2.08 bits per heavy atom. The highest BCUT2D eigenvalue weighted by molar-refractivity contribution is 9.10. The predicted octanol–water partition coefficient (Wildman–Crippen LogP) is 1.76. The molecular formula is C6H8BrNO2S2. The lowest BCUT2D eigenvalue weighted by molar-refractivity contribution is 0.522. The van der Waals surface area contributed by atoms with Gasteiger partial charge in [-0.15, -0.1) is 11.3 Å². The van der Waals surface area contributed by atoms with Crippen LogP contribution in [0.1, 0.15) is 0 Å². The third-order valence-corrected chi connectivity index (χ3v) is 5.76. The Morgan fingerprint density at radius 3 is 2.42 bits per heavy atom. The van der Waals surface area contributed by atoms with E-state index in [0.29, 0.717) is 8.68 Å². The maximum Gasteiger partial charge on any atom is 0.253 e. The van der Waals surface area contributed by atoms with Crippen molar-refractivity contribution in [2.45, 2.75) is 4.21 Å². The molecule has 0 bridgehead atoms. The Bertz CT molecular complexity index is 369. The van der Waals surface area contributed by atoms with Crippen LogP contribution in [0, 0.1) is 0 Å². The topological polar surface area (TPSA) is 37.4 Å². The van der Waals surface area contributed by atoms with Gasteiger partial charge in [0.15, 0.2) is 0 Å². The molecule has 1 rings (SSSR count). The molecule has 1 aromatic rings. The van der Waals surface area contributed by atoms with Crippen molar-refractivity contribution < 1.29 is 8.42 Å². The van der Waals surface area contributed by atoms with Crippen LogP contribution in [0.15, 0.2) is 20.1 Å². The van der Waals surface area contributed by atoms with Gasteiger partial charge in [0.25, 0.3) is 10.0 Å². The van der Waals surface area contributed by atoms with Crippen LogP contribution in [0.2, 0.25) is 0 Å². The van der Waals surface area contributed by atoms with E-state index in [2.05, 4.69) is 15.9 Å². The molecule has 0 amide bonds. The van der Waals surface area contributed by atoms with E-state index < -0.39 is 10.0 Å². The molecule has 0 atom stereocenters. The lowest BCUT2D eigenvalue weighted by atomic mass is 10.7. The van der Waals surface area contributed by atoms with Gasteiger partial charge in [-0.1, -0.05) is 0 Å². The fourth-order valence-corrected chi connectivity index (χ4v) is 4.09. The van der Waals surface area contributed by atoms with Crippen LogP contribution < -0.4 is 0 Å². The van der Waals surface area contributed by atoms with Gasteiger partial charge in [0.2, 0.25) is 0 Å². The first-order valence-electron chi connectivity index (χ1n) is 3.12. The van der Waals surface area contributed by atoms with Crippen molar-refractivity contribution in [3.8, 4) is 0 Å². The molecule has 3 nitrogen and oxygen atoms in total. The summed E-state index contributed by atoms with van der Waals surface area (Å²) in [7, 11) is -0.229. The molecule has 0 saturated heterocycles. The third-order valence-electron chi connectivity index (χ3n) is 1.30. The van der Waals surface area contributed by atoms with Gasteiger partial charge in [-0.2, -0.15) is 0 Å². The fraction of sp³-hybridized carbons (Fsp3) is 0.333. The van der Waals surface area contributed by atoms with Gasteiger partial charge in [0, 0.05) is 18.6 Å². The Kier molecular flexibility index (Phi) is 2.92. The molecule has 12 heavy (non-hydrogen) atoms. The molecule has 6 heteroatoms. The molecular weight excluding hydrogens is 262 g/mol. The molecule has 0 unspecified atom stereocenters. The average Bonchev–Trinajstić information content (AvgIpc) is 2.35. The fourth-order valence-electron chi connectivity index (χ4n) is 0.630. The summed E-state index contributed by atoms with van der Waals surface area (Å²) in [6.45, 7) is 0. The normalized spacial score (nSPS) is 12.3. The van der Waals surface area contributed by atoms with E-state index in [1.54, 1.807) is 11.4 Å². The van der Waals surface area contributed by atoms with E-state index in [1.165, 1.54) is 29.7 Å². The minimum absolute atomic E-state index is 0.354. The number of nitrogens with zero attached hydrogens (tertiary/aromatic N) is 1. The van der Waals surface area contributed by atoms with E-state index in [4.69, 9.17) is 0 Å². The summed E-state index contributed by atoms with van der Waals surface area (Å²) >= 11 is 4.38. The summed E-state index contributed by atoms with van der Waals surface area (Å²) < 4.78 is 25.2. The Morgan fingerprint density at radius 1 is 1.50 bits per heavy atom. The Labute approximate surface area is 84.2 Å². The second kappa shape index (κ2) is 3.45. The smallest absolute Gasteiger partial charge is 0.206 e. The number of hydrogen-bond donors (Lipinski definition) is 0. The highest BCUT2D eigenvalue weighted by Crippen LogP contribution is 2.28. The van der Waals surface area contributed by atoms with Crippen molar-refractivity contribution in [2.24, 2.45) is 0 Å². The molecule has 0 saturated carbocycles. The van der Waals surface area contributed by atoms with E-state index in [1.807, 2.05) is 0 Å². The monoisotopic (exact) mass is 269 g/mol. The minimum atomic E-state index is -3.26. The number of sulfonamides is 1. The van der Waals surface area contributed by atoms with Gasteiger partial charge in [0.1, 0.15) is 4.21 Å². The standard InChI is InChI=1S/C6H8BrNO2S2/c1-8(2)12(9,10)6-5(7)3-4-11-6/h3-4H,1-2H3. The number of halogens is 1. The van der Waals surface area contributed by atoms with Gasteiger partial charge in [0.05, 0.1) is 0 Å². The summed E-state index contributed by atoms with van der Waals surface area (Å²) in [5, 5.41) is 1.74. The van der Waals surface area contributed by atoms with E-state index in [9.17, 15) is 8.42 Å². The van der Waals surface area contributed by atoms with Crippen LogP contribution in [0.5, 0.6) is 0 Å². The van der Waals surface area contributed by atoms with Crippen LogP contribution in [0.3, 0.4) is 0 Å². The van der Waals surface area contributed by atoms with Crippen LogP contribution in [-0.4, -0.2) is 26.8 Å². The predicted molar refractivity (Wildman–Crippen MR) is 52.9 cm³/mol. The zero-order valence-corrected chi connectivity index (χ0v) is 9.83. The molecule has 0 aliphatic carbocycles. The summed E-state index contributed by atoms with van der Waals surface area (Å²) in [6, 6.07) is 1.72. The maximum atomic E-state index is 11.5. The van der Waals surface area contributed by atoms with Crippen molar-refractivity contribution in [1.29, 1.82) is 0 Å². The van der Waals surface area contributed by atoms with Gasteiger partial charge >= 0.3 is 0 Å². The van der Waals surface area contributed by atoms with Crippen molar-refractivity contribution in [1.82, 2.24) is 4.31 Å². The molecule has 68 valence electrons. The first kappa shape index (κ1) is 10.2. The highest BCUT2D eigenvalue weighted by Gasteiger charge is 2.21. The lowest BCUT2D eigenvalue weighted by Crippen LogP contribution is -2.21. The molecule has 0 aromatic carbocycles. The van der Waals surface area contributed by atoms with Crippen LogP contribution in [0.25, 0.3) is 0 Å². The van der Waals surface area contributed by atoms with Gasteiger partial charge in [-0.25, -0.2) is 12.7 Å². The van der Waals surface area contributed by atoms with E-state index in [0.717, 1.165) is 0 Å². The van der Waals surface area contributed by atoms with Gasteiger partial charge in [-0.3, -0.25) is 0 Å². The quantitative estimate of drug-likeness (QED) is 0.821. The molecule has 0 fully saturated rings. The number of hydrogen-bond acceptors (Lipinski definition) is 3. The second-order valence-corrected chi connectivity index (χ2v) is 6.46. The van der Waals surface area contributed by atoms with E-state index >= 15 is 0 Å². The first-order chi connectivity index (χ1) is 5.46. The number of rotatable bonds is 2. The summed E-state index contributed by atoms with van der Waals surface area (Å²) in [5.74, 6) is 0. The van der Waals surface area contributed by atoms with Crippen LogP contribution >= 0.6 is 27.3 Å². The molecule has 0 aliphatic heterocycles. The SMILES string of the molecule is CN(C)S(=O)(=O)c1sccc1Br. The van der Waals surface area contributed by atoms with Crippen LogP contribution in [0.4, 0.5) is 0 Å². The average molecular weight is 270 g/mol. The zero-order valence-electron chi connectivity index (χ0n) is 6.61. The zero-order chi connectivity index (χ0) is 9.35. The molecule has 0 spiro atoms.